The van der Waals surface area contributed by atoms with E-state index in [0.717, 1.165) is 32.1 Å². The number of hydrogen-bond acceptors (Lipinski definition) is 1. The van der Waals surface area contributed by atoms with E-state index >= 15 is 0 Å². The molecule has 1 fully saturated rings. The fraction of sp³-hybridized carbons (Fsp3) is 0.615. The molecule has 1 aliphatic rings. The van der Waals surface area contributed by atoms with Crippen molar-refractivity contribution < 1.29 is 4.79 Å². The molecule has 0 aromatic carbocycles. The molecule has 0 bridgehead atoms. The summed E-state index contributed by atoms with van der Waals surface area (Å²) in [5, 5.41) is 2.92. The van der Waals surface area contributed by atoms with Gasteiger partial charge in [0, 0.05) is 6.04 Å². The first-order chi connectivity index (χ1) is 7.33. The van der Waals surface area contributed by atoms with Gasteiger partial charge in [-0.15, -0.1) is 0 Å². The molecule has 84 valence electrons. The first-order valence-corrected chi connectivity index (χ1v) is 5.95. The van der Waals surface area contributed by atoms with Crippen LogP contribution in [0.25, 0.3) is 0 Å². The van der Waals surface area contributed by atoms with Gasteiger partial charge in [-0.3, -0.25) is 4.79 Å². The van der Waals surface area contributed by atoms with Gasteiger partial charge in [-0.25, -0.2) is 0 Å². The summed E-state index contributed by atoms with van der Waals surface area (Å²) in [5.41, 5.74) is 0. The van der Waals surface area contributed by atoms with Gasteiger partial charge in [0.15, 0.2) is 0 Å². The highest BCUT2D eigenvalue weighted by atomic mass is 16.1. The quantitative estimate of drug-likeness (QED) is 0.388. The lowest BCUT2D eigenvalue weighted by molar-refractivity contribution is -0.116. The van der Waals surface area contributed by atoms with E-state index < -0.39 is 0 Å². The third-order valence-corrected chi connectivity index (χ3v) is 2.31. The van der Waals surface area contributed by atoms with Crippen LogP contribution in [-0.2, 0) is 4.79 Å². The molecule has 0 spiro atoms. The van der Waals surface area contributed by atoms with Crippen LogP contribution in [0.15, 0.2) is 24.3 Å². The molecule has 1 rings (SSSR count). The highest BCUT2D eigenvalue weighted by Gasteiger charge is 2.21. The number of carbonyl (C=O) groups is 1. The molecule has 0 heterocycles. The van der Waals surface area contributed by atoms with E-state index in [2.05, 4.69) is 24.4 Å². The zero-order chi connectivity index (χ0) is 10.9. The summed E-state index contributed by atoms with van der Waals surface area (Å²) in [5.74, 6) is 0.0648. The Morgan fingerprint density at radius 3 is 2.53 bits per heavy atom. The molecule has 15 heavy (non-hydrogen) atoms. The van der Waals surface area contributed by atoms with Crippen LogP contribution in [0, 0.1) is 0 Å². The topological polar surface area (TPSA) is 29.1 Å². The maximum atomic E-state index is 11.2. The Morgan fingerprint density at radius 2 is 1.87 bits per heavy atom. The van der Waals surface area contributed by atoms with Gasteiger partial charge in [-0.05, 0) is 38.2 Å². The van der Waals surface area contributed by atoms with Crippen LogP contribution in [0.4, 0.5) is 0 Å². The Hall–Kier alpha value is -1.05. The Morgan fingerprint density at radius 1 is 1.20 bits per heavy atom. The summed E-state index contributed by atoms with van der Waals surface area (Å²) in [4.78, 5) is 11.2. The number of nitrogens with one attached hydrogen (secondary N) is 1. The average Bonchev–Trinajstić information content (AvgIpc) is 3.00. The number of carbonyl (C=O) groups excluding carboxylic acids is 1. The van der Waals surface area contributed by atoms with Crippen molar-refractivity contribution in [2.75, 3.05) is 0 Å². The van der Waals surface area contributed by atoms with Crippen molar-refractivity contribution >= 4 is 5.91 Å². The van der Waals surface area contributed by atoms with E-state index in [0.29, 0.717) is 6.04 Å². The van der Waals surface area contributed by atoms with Crippen molar-refractivity contribution in [3.63, 3.8) is 0 Å². The zero-order valence-corrected chi connectivity index (χ0v) is 9.54. The van der Waals surface area contributed by atoms with Crippen molar-refractivity contribution in [2.24, 2.45) is 0 Å². The van der Waals surface area contributed by atoms with Crippen LogP contribution < -0.4 is 5.32 Å². The third-order valence-electron chi connectivity index (χ3n) is 2.31. The third kappa shape index (κ3) is 6.95. The highest BCUT2D eigenvalue weighted by Crippen LogP contribution is 2.18. The fourth-order valence-electron chi connectivity index (χ4n) is 1.26. The molecular weight excluding hydrogens is 186 g/mol. The van der Waals surface area contributed by atoms with Crippen molar-refractivity contribution in [3.8, 4) is 0 Å². The molecule has 2 heteroatoms. The standard InChI is InChI=1S/C13H21NO/c1-2-3-4-5-6-7-8-9-13(15)14-12-10-11-12/h4-5,8-9,12H,2-3,6-7,10-11H2,1H3,(H,14,15)/b5-4-,9-8+. The van der Waals surface area contributed by atoms with Crippen LogP contribution in [-0.4, -0.2) is 11.9 Å². The molecule has 0 aromatic heterocycles. The van der Waals surface area contributed by atoms with Gasteiger partial charge in [0.2, 0.25) is 5.91 Å². The van der Waals surface area contributed by atoms with Crippen LogP contribution in [0.1, 0.15) is 45.4 Å². The van der Waals surface area contributed by atoms with Gasteiger partial charge >= 0.3 is 0 Å². The number of rotatable bonds is 7. The Labute approximate surface area is 92.4 Å². The van der Waals surface area contributed by atoms with Crippen molar-refractivity contribution in [1.29, 1.82) is 0 Å². The number of hydrogen-bond donors (Lipinski definition) is 1. The molecule has 0 unspecified atom stereocenters. The van der Waals surface area contributed by atoms with Crippen molar-refractivity contribution in [3.05, 3.63) is 24.3 Å². The molecule has 1 aliphatic carbocycles. The Balaban J connectivity index is 1.97. The number of unbranched alkanes of at least 4 members (excludes halogenated alkanes) is 2. The highest BCUT2D eigenvalue weighted by molar-refractivity contribution is 5.87. The minimum atomic E-state index is 0.0648. The van der Waals surface area contributed by atoms with Crippen molar-refractivity contribution in [1.82, 2.24) is 5.32 Å². The Kier molecular flexibility index (Phi) is 5.83. The van der Waals surface area contributed by atoms with E-state index in [1.54, 1.807) is 6.08 Å². The van der Waals surface area contributed by atoms with Crippen LogP contribution >= 0.6 is 0 Å². The molecule has 0 atom stereocenters. The van der Waals surface area contributed by atoms with Crippen LogP contribution in [0.2, 0.25) is 0 Å². The Bertz CT molecular complexity index is 239. The molecule has 0 aliphatic heterocycles. The zero-order valence-electron chi connectivity index (χ0n) is 9.54. The van der Waals surface area contributed by atoms with Gasteiger partial charge in [0.25, 0.3) is 0 Å². The van der Waals surface area contributed by atoms with E-state index in [1.165, 1.54) is 6.42 Å². The SMILES string of the molecule is CCC/C=C\CC/C=C/C(=O)NC1CC1. The molecule has 2 nitrogen and oxygen atoms in total. The second-order valence-corrected chi connectivity index (χ2v) is 4.02. The average molecular weight is 207 g/mol. The van der Waals surface area contributed by atoms with Crippen molar-refractivity contribution in [2.45, 2.75) is 51.5 Å². The lowest BCUT2D eigenvalue weighted by Crippen LogP contribution is -2.22. The van der Waals surface area contributed by atoms with Gasteiger partial charge in [-0.2, -0.15) is 0 Å². The van der Waals surface area contributed by atoms with E-state index in [4.69, 9.17) is 0 Å². The first kappa shape index (κ1) is 12.0. The normalized spacial score (nSPS) is 16.3. The second kappa shape index (κ2) is 7.27. The lowest BCUT2D eigenvalue weighted by Gasteiger charge is -1.95. The second-order valence-electron chi connectivity index (χ2n) is 4.02. The lowest BCUT2D eigenvalue weighted by atomic mass is 10.2. The van der Waals surface area contributed by atoms with Gasteiger partial charge in [-0.1, -0.05) is 31.6 Å². The summed E-state index contributed by atoms with van der Waals surface area (Å²) in [6.45, 7) is 2.17. The maximum Gasteiger partial charge on any atom is 0.243 e. The molecule has 1 saturated carbocycles. The minimum Gasteiger partial charge on any atom is -0.350 e. The molecular formula is C13H21NO. The predicted molar refractivity (Wildman–Crippen MR) is 63.6 cm³/mol. The minimum absolute atomic E-state index is 0.0648. The molecule has 0 radical (unpaired) electrons. The van der Waals surface area contributed by atoms with Gasteiger partial charge in [0.05, 0.1) is 0 Å². The number of allylic oxidation sites excluding steroid dienone is 3. The number of amides is 1. The first-order valence-electron chi connectivity index (χ1n) is 5.95. The van der Waals surface area contributed by atoms with Crippen LogP contribution in [0.3, 0.4) is 0 Å². The van der Waals surface area contributed by atoms with Gasteiger partial charge < -0.3 is 5.32 Å². The van der Waals surface area contributed by atoms with E-state index in [9.17, 15) is 4.79 Å². The summed E-state index contributed by atoms with van der Waals surface area (Å²) >= 11 is 0. The smallest absolute Gasteiger partial charge is 0.243 e. The summed E-state index contributed by atoms with van der Waals surface area (Å²) in [6.07, 6.45) is 14.7. The van der Waals surface area contributed by atoms with E-state index in [-0.39, 0.29) is 5.91 Å². The molecule has 1 N–H and O–H groups in total. The summed E-state index contributed by atoms with van der Waals surface area (Å²) in [7, 11) is 0. The van der Waals surface area contributed by atoms with Crippen LogP contribution in [0.5, 0.6) is 0 Å². The fourth-order valence-corrected chi connectivity index (χ4v) is 1.26. The molecule has 0 aromatic rings. The monoisotopic (exact) mass is 207 g/mol. The largest absolute Gasteiger partial charge is 0.350 e. The summed E-state index contributed by atoms with van der Waals surface area (Å²) in [6, 6.07) is 0.464. The van der Waals surface area contributed by atoms with Gasteiger partial charge in [0.1, 0.15) is 0 Å². The maximum absolute atomic E-state index is 11.2. The summed E-state index contributed by atoms with van der Waals surface area (Å²) < 4.78 is 0. The predicted octanol–water partition coefficient (Wildman–Crippen LogP) is 2.96. The molecule has 1 amide bonds. The molecule has 0 saturated heterocycles. The van der Waals surface area contributed by atoms with E-state index in [1.807, 2.05) is 6.08 Å².